The molecule has 0 bridgehead atoms. The topological polar surface area (TPSA) is 61.4 Å². The van der Waals surface area contributed by atoms with Crippen LogP contribution in [0.5, 0.6) is 5.75 Å². The van der Waals surface area contributed by atoms with Crippen molar-refractivity contribution >= 4 is 28.7 Å². The number of hydrogen-bond acceptors (Lipinski definition) is 4. The average Bonchev–Trinajstić information content (AvgIpc) is 3.32. The molecule has 2 heterocycles. The summed E-state index contributed by atoms with van der Waals surface area (Å²) in [7, 11) is 0. The Morgan fingerprint density at radius 3 is 2.38 bits per heavy atom. The van der Waals surface area contributed by atoms with E-state index in [1.807, 2.05) is 73.0 Å². The Labute approximate surface area is 261 Å². The van der Waals surface area contributed by atoms with Gasteiger partial charge in [-0.1, -0.05) is 48.0 Å². The van der Waals surface area contributed by atoms with Crippen LogP contribution in [0.1, 0.15) is 28.1 Å². The molecule has 2 aromatic heterocycles. The number of nitrogens with zero attached hydrogens (tertiary/aromatic N) is 4. The van der Waals surface area contributed by atoms with Gasteiger partial charge >= 0.3 is 6.18 Å². The highest BCUT2D eigenvalue weighted by atomic mass is 35.5. The molecule has 6 aromatic rings. The summed E-state index contributed by atoms with van der Waals surface area (Å²) in [5.41, 5.74) is 3.55. The average molecular weight is 627 g/mol. The van der Waals surface area contributed by atoms with Gasteiger partial charge < -0.3 is 9.30 Å². The predicted octanol–water partition coefficient (Wildman–Crippen LogP) is 8.60. The summed E-state index contributed by atoms with van der Waals surface area (Å²) >= 11 is 5.96. The highest BCUT2D eigenvalue weighted by Crippen LogP contribution is 2.32. The zero-order chi connectivity index (χ0) is 31.7. The van der Waals surface area contributed by atoms with Crippen molar-refractivity contribution in [2.24, 2.45) is 5.10 Å². The molecule has 6 rings (SSSR count). The maximum Gasteiger partial charge on any atom is 0.416 e. The zero-order valence-electron chi connectivity index (χ0n) is 24.2. The second kappa shape index (κ2) is 12.1. The van der Waals surface area contributed by atoms with E-state index in [0.717, 1.165) is 45.0 Å². The van der Waals surface area contributed by atoms with E-state index in [0.29, 0.717) is 28.3 Å². The molecule has 45 heavy (non-hydrogen) atoms. The third kappa shape index (κ3) is 6.25. The van der Waals surface area contributed by atoms with Crippen LogP contribution in [0.4, 0.5) is 13.2 Å². The van der Waals surface area contributed by atoms with Crippen molar-refractivity contribution in [3.63, 3.8) is 0 Å². The standard InChI is InChI=1S/C35H26ClF3N4O2/c1-22-18-26(23(2)42(22)29-14-16-30(17-15-29)45-21-24-10-12-28(36)13-11-24)20-40-43-33(25-6-5-7-27(19-25)35(37,38)39)41-32-9-4-3-8-31(32)34(43)44/h3-20H,21H2,1-2H3. The largest absolute Gasteiger partial charge is 0.489 e. The van der Waals surface area contributed by atoms with Crippen molar-refractivity contribution in [3.8, 4) is 22.8 Å². The fraction of sp³-hybridized carbons (Fsp3) is 0.114. The van der Waals surface area contributed by atoms with Crippen LogP contribution in [0.15, 0.2) is 113 Å². The van der Waals surface area contributed by atoms with Gasteiger partial charge in [0, 0.05) is 33.2 Å². The van der Waals surface area contributed by atoms with Crippen molar-refractivity contribution in [2.45, 2.75) is 26.6 Å². The molecular formula is C35H26ClF3N4O2. The monoisotopic (exact) mass is 626 g/mol. The van der Waals surface area contributed by atoms with Gasteiger partial charge in [-0.15, -0.1) is 0 Å². The van der Waals surface area contributed by atoms with Crippen molar-refractivity contribution < 1.29 is 17.9 Å². The molecule has 10 heteroatoms. The Balaban J connectivity index is 1.33. The lowest BCUT2D eigenvalue weighted by atomic mass is 10.1. The molecule has 0 aliphatic rings. The van der Waals surface area contributed by atoms with Crippen LogP contribution in [0, 0.1) is 13.8 Å². The van der Waals surface area contributed by atoms with Gasteiger partial charge in [-0.2, -0.15) is 22.9 Å². The molecule has 0 fully saturated rings. The van der Waals surface area contributed by atoms with Gasteiger partial charge in [-0.05, 0) is 86.1 Å². The molecule has 0 N–H and O–H groups in total. The fourth-order valence-electron chi connectivity index (χ4n) is 5.13. The van der Waals surface area contributed by atoms with E-state index in [4.69, 9.17) is 16.3 Å². The third-order valence-electron chi connectivity index (χ3n) is 7.40. The number of alkyl halides is 3. The molecular weight excluding hydrogens is 601 g/mol. The smallest absolute Gasteiger partial charge is 0.416 e. The minimum atomic E-state index is -4.56. The van der Waals surface area contributed by atoms with Crippen molar-refractivity contribution in [2.75, 3.05) is 0 Å². The molecule has 0 amide bonds. The molecule has 6 nitrogen and oxygen atoms in total. The molecule has 0 atom stereocenters. The predicted molar refractivity (Wildman–Crippen MR) is 170 cm³/mol. The number of rotatable bonds is 7. The van der Waals surface area contributed by atoms with Gasteiger partial charge in [-0.3, -0.25) is 4.79 Å². The van der Waals surface area contributed by atoms with E-state index in [9.17, 15) is 18.0 Å². The fourth-order valence-corrected chi connectivity index (χ4v) is 5.25. The van der Waals surface area contributed by atoms with Crippen LogP contribution in [0.2, 0.25) is 5.02 Å². The summed E-state index contributed by atoms with van der Waals surface area (Å²) in [5.74, 6) is 0.715. The van der Waals surface area contributed by atoms with Gasteiger partial charge in [0.25, 0.3) is 5.56 Å². The Morgan fingerprint density at radius 2 is 1.64 bits per heavy atom. The van der Waals surface area contributed by atoms with Gasteiger partial charge in [-0.25, -0.2) is 4.98 Å². The van der Waals surface area contributed by atoms with Crippen LogP contribution in [-0.2, 0) is 12.8 Å². The molecule has 0 aliphatic heterocycles. The van der Waals surface area contributed by atoms with E-state index in [1.165, 1.54) is 18.3 Å². The van der Waals surface area contributed by atoms with Crippen LogP contribution in [0.25, 0.3) is 28.0 Å². The summed E-state index contributed by atoms with van der Waals surface area (Å²) in [6, 6.07) is 28.4. The van der Waals surface area contributed by atoms with Gasteiger partial charge in [0.05, 0.1) is 22.7 Å². The first-order valence-electron chi connectivity index (χ1n) is 14.0. The van der Waals surface area contributed by atoms with E-state index in [1.54, 1.807) is 24.3 Å². The second-order valence-corrected chi connectivity index (χ2v) is 10.9. The third-order valence-corrected chi connectivity index (χ3v) is 7.65. The Hall–Kier alpha value is -5.15. The number of aryl methyl sites for hydroxylation is 1. The summed E-state index contributed by atoms with van der Waals surface area (Å²) in [5, 5.41) is 5.44. The first-order valence-corrected chi connectivity index (χ1v) is 14.4. The highest BCUT2D eigenvalue weighted by Gasteiger charge is 2.31. The lowest BCUT2D eigenvalue weighted by Gasteiger charge is -2.12. The van der Waals surface area contributed by atoms with E-state index in [-0.39, 0.29) is 11.4 Å². The quantitative estimate of drug-likeness (QED) is 0.167. The van der Waals surface area contributed by atoms with Crippen molar-refractivity contribution in [1.82, 2.24) is 14.2 Å². The molecule has 0 unspecified atom stereocenters. The Morgan fingerprint density at radius 1 is 0.911 bits per heavy atom. The minimum Gasteiger partial charge on any atom is -0.489 e. The maximum atomic E-state index is 13.6. The first kappa shape index (κ1) is 29.9. The number of halogens is 4. The summed E-state index contributed by atoms with van der Waals surface area (Å²) in [6.07, 6.45) is -3.03. The number of para-hydroxylation sites is 1. The zero-order valence-corrected chi connectivity index (χ0v) is 25.0. The first-order chi connectivity index (χ1) is 21.6. The van der Waals surface area contributed by atoms with Gasteiger partial charge in [0.15, 0.2) is 5.82 Å². The highest BCUT2D eigenvalue weighted by molar-refractivity contribution is 6.30. The van der Waals surface area contributed by atoms with Crippen LogP contribution < -0.4 is 10.3 Å². The van der Waals surface area contributed by atoms with Crippen LogP contribution in [-0.4, -0.2) is 20.4 Å². The molecule has 0 radical (unpaired) electrons. The lowest BCUT2D eigenvalue weighted by molar-refractivity contribution is -0.137. The molecule has 0 saturated carbocycles. The molecule has 0 aliphatic carbocycles. The van der Waals surface area contributed by atoms with Crippen molar-refractivity contribution in [3.05, 3.63) is 147 Å². The molecule has 4 aromatic carbocycles. The van der Waals surface area contributed by atoms with E-state index in [2.05, 4.69) is 10.1 Å². The normalized spacial score (nSPS) is 11.9. The van der Waals surface area contributed by atoms with Crippen molar-refractivity contribution in [1.29, 1.82) is 0 Å². The molecule has 0 spiro atoms. The second-order valence-electron chi connectivity index (χ2n) is 10.5. The molecule has 226 valence electrons. The number of ether oxygens (including phenoxy) is 1. The summed E-state index contributed by atoms with van der Waals surface area (Å²) < 4.78 is 49.6. The number of fused-ring (bicyclic) bond motifs is 1. The lowest BCUT2D eigenvalue weighted by Crippen LogP contribution is -2.20. The SMILES string of the molecule is Cc1cc(C=Nn2c(-c3cccc(C(F)(F)F)c3)nc3ccccc3c2=O)c(C)n1-c1ccc(OCc2ccc(Cl)cc2)cc1. The maximum absolute atomic E-state index is 13.6. The number of hydrogen-bond donors (Lipinski definition) is 0. The Bertz CT molecular complexity index is 2100. The Kier molecular flexibility index (Phi) is 8.03. The van der Waals surface area contributed by atoms with Crippen LogP contribution >= 0.6 is 11.6 Å². The van der Waals surface area contributed by atoms with E-state index < -0.39 is 17.3 Å². The number of aromatic nitrogens is 3. The van der Waals surface area contributed by atoms with Gasteiger partial charge in [0.1, 0.15) is 12.4 Å². The minimum absolute atomic E-state index is 0.00375. The van der Waals surface area contributed by atoms with E-state index >= 15 is 0 Å². The number of benzene rings is 4. The molecule has 0 saturated heterocycles. The summed E-state index contributed by atoms with van der Waals surface area (Å²) in [6.45, 7) is 4.28. The summed E-state index contributed by atoms with van der Waals surface area (Å²) in [4.78, 5) is 18.1. The van der Waals surface area contributed by atoms with Crippen LogP contribution in [0.3, 0.4) is 0 Å². The van der Waals surface area contributed by atoms with Gasteiger partial charge in [0.2, 0.25) is 0 Å².